The van der Waals surface area contributed by atoms with Crippen molar-refractivity contribution in [3.63, 3.8) is 0 Å². The van der Waals surface area contributed by atoms with Crippen LogP contribution in [0.1, 0.15) is 41.2 Å². The van der Waals surface area contributed by atoms with Crippen molar-refractivity contribution in [1.82, 2.24) is 19.7 Å². The van der Waals surface area contributed by atoms with Crippen molar-refractivity contribution >= 4 is 29.3 Å². The number of aromatic nitrogens is 3. The first kappa shape index (κ1) is 19.7. The lowest BCUT2D eigenvalue weighted by Gasteiger charge is -2.21. The minimum absolute atomic E-state index is 0.00536. The number of hydrogen-bond donors (Lipinski definition) is 1. The largest absolute Gasteiger partial charge is 0.465 e. The van der Waals surface area contributed by atoms with Crippen LogP contribution in [0.5, 0.6) is 0 Å². The molecule has 2 unspecified atom stereocenters. The second-order valence-electron chi connectivity index (χ2n) is 7.22. The van der Waals surface area contributed by atoms with E-state index in [0.717, 1.165) is 17.0 Å². The maximum atomic E-state index is 12.0. The lowest BCUT2D eigenvalue weighted by molar-refractivity contribution is 0.137. The van der Waals surface area contributed by atoms with Gasteiger partial charge in [-0.05, 0) is 42.7 Å². The predicted octanol–water partition coefficient (Wildman–Crippen LogP) is 5.15. The maximum absolute atomic E-state index is 12.0. The highest BCUT2D eigenvalue weighted by atomic mass is 35.5. The Hall–Kier alpha value is -2.57. The van der Waals surface area contributed by atoms with E-state index < -0.39 is 6.09 Å². The molecule has 6 nitrogen and oxygen atoms in total. The van der Waals surface area contributed by atoms with Crippen LogP contribution < -0.4 is 0 Å². The predicted molar refractivity (Wildman–Crippen MR) is 112 cm³/mol. The van der Waals surface area contributed by atoms with E-state index in [1.54, 1.807) is 0 Å². The minimum atomic E-state index is -0.969. The number of likely N-dealkylation sites (tertiary alicyclic amines) is 1. The van der Waals surface area contributed by atoms with Crippen molar-refractivity contribution in [3.05, 3.63) is 81.4 Å². The van der Waals surface area contributed by atoms with Gasteiger partial charge in [0.15, 0.2) is 5.82 Å². The lowest BCUT2D eigenvalue weighted by Crippen LogP contribution is -2.31. The highest BCUT2D eigenvalue weighted by Crippen LogP contribution is 2.42. The van der Waals surface area contributed by atoms with E-state index in [9.17, 15) is 9.90 Å². The number of rotatable bonds is 4. The Morgan fingerprint density at radius 1 is 1.14 bits per heavy atom. The molecule has 2 atom stereocenters. The molecule has 0 saturated carbocycles. The molecule has 0 radical (unpaired) electrons. The van der Waals surface area contributed by atoms with E-state index >= 15 is 0 Å². The van der Waals surface area contributed by atoms with Crippen molar-refractivity contribution < 1.29 is 9.90 Å². The molecule has 0 spiro atoms. The van der Waals surface area contributed by atoms with Gasteiger partial charge in [0.05, 0.1) is 12.6 Å². The molecule has 1 saturated heterocycles. The highest BCUT2D eigenvalue weighted by Gasteiger charge is 2.40. The Labute approximate surface area is 178 Å². The summed E-state index contributed by atoms with van der Waals surface area (Å²) in [6.07, 6.45) is -0.363. The molecule has 8 heteroatoms. The summed E-state index contributed by atoms with van der Waals surface area (Å²) < 4.78 is 1.97. The summed E-state index contributed by atoms with van der Waals surface area (Å²) in [5.74, 6) is 1.39. The van der Waals surface area contributed by atoms with Crippen molar-refractivity contribution in [3.8, 4) is 0 Å². The fourth-order valence-corrected chi connectivity index (χ4v) is 4.35. The molecule has 1 N–H and O–H groups in total. The Kier molecular flexibility index (Phi) is 5.48. The van der Waals surface area contributed by atoms with Crippen molar-refractivity contribution in [2.75, 3.05) is 6.54 Å². The number of carboxylic acid groups (broad SMARTS) is 1. The summed E-state index contributed by atoms with van der Waals surface area (Å²) in [5.41, 5.74) is 2.00. The van der Waals surface area contributed by atoms with E-state index in [1.807, 2.05) is 60.0 Å². The zero-order chi connectivity index (χ0) is 20.5. The molecule has 0 aliphatic carbocycles. The topological polar surface area (TPSA) is 71.2 Å². The van der Waals surface area contributed by atoms with Gasteiger partial charge in [-0.25, -0.2) is 4.79 Å². The van der Waals surface area contributed by atoms with Gasteiger partial charge in [0.1, 0.15) is 5.82 Å². The number of amides is 1. The van der Waals surface area contributed by atoms with Crippen LogP contribution in [0.25, 0.3) is 0 Å². The minimum Gasteiger partial charge on any atom is -0.465 e. The van der Waals surface area contributed by atoms with E-state index in [2.05, 4.69) is 10.2 Å². The van der Waals surface area contributed by atoms with Crippen molar-refractivity contribution in [2.24, 2.45) is 0 Å². The number of aryl methyl sites for hydroxylation is 1. The summed E-state index contributed by atoms with van der Waals surface area (Å²) in [6, 6.07) is 14.8. The zero-order valence-electron chi connectivity index (χ0n) is 15.8. The van der Waals surface area contributed by atoms with E-state index in [-0.39, 0.29) is 12.0 Å². The molecule has 1 fully saturated rings. The summed E-state index contributed by atoms with van der Waals surface area (Å²) in [5, 5.41) is 19.7. The van der Waals surface area contributed by atoms with E-state index in [4.69, 9.17) is 23.2 Å². The van der Waals surface area contributed by atoms with Gasteiger partial charge >= 0.3 is 6.09 Å². The Morgan fingerprint density at radius 3 is 2.55 bits per heavy atom. The van der Waals surface area contributed by atoms with Crippen LogP contribution in [-0.4, -0.2) is 37.4 Å². The molecule has 0 bridgehead atoms. The summed E-state index contributed by atoms with van der Waals surface area (Å²) in [6.45, 7) is 2.79. The maximum Gasteiger partial charge on any atom is 0.407 e. The second kappa shape index (κ2) is 8.05. The Balaban J connectivity index is 1.67. The lowest BCUT2D eigenvalue weighted by atomic mass is 9.96. The fourth-order valence-electron chi connectivity index (χ4n) is 3.94. The SMILES string of the molecule is Cc1nnc(C2CC(c3ccccc3Cl)CN2C(=O)O)n1Cc1ccc(Cl)cc1. The molecule has 1 aromatic heterocycles. The van der Waals surface area contributed by atoms with Crippen LogP contribution in [-0.2, 0) is 6.54 Å². The van der Waals surface area contributed by atoms with Gasteiger partial charge in [0, 0.05) is 22.5 Å². The Bertz CT molecular complexity index is 1040. The van der Waals surface area contributed by atoms with E-state index in [1.165, 1.54) is 4.90 Å². The third kappa shape index (κ3) is 3.95. The van der Waals surface area contributed by atoms with Crippen LogP contribution in [0, 0.1) is 6.92 Å². The first-order valence-corrected chi connectivity index (χ1v) is 10.1. The average Bonchev–Trinajstić information content (AvgIpc) is 3.28. The number of benzene rings is 2. The normalized spacial score (nSPS) is 18.9. The quantitative estimate of drug-likeness (QED) is 0.620. The van der Waals surface area contributed by atoms with Gasteiger partial charge in [0.25, 0.3) is 0 Å². The molecule has 2 heterocycles. The standard InChI is InChI=1S/C21H20Cl2N4O2/c1-13-24-25-20(26(13)11-14-6-8-16(22)9-7-14)19-10-15(12-27(19)21(28)29)17-4-2-3-5-18(17)23/h2-9,15,19H,10-12H2,1H3,(H,28,29). The number of halogens is 2. The molecule has 150 valence electrons. The van der Waals surface area contributed by atoms with Gasteiger partial charge in [-0.2, -0.15) is 0 Å². The first-order valence-electron chi connectivity index (χ1n) is 9.32. The van der Waals surface area contributed by atoms with Gasteiger partial charge in [-0.15, -0.1) is 10.2 Å². The molecule has 1 aliphatic heterocycles. The van der Waals surface area contributed by atoms with Gasteiger partial charge in [-0.3, -0.25) is 4.90 Å². The molecule has 3 aromatic rings. The summed E-state index contributed by atoms with van der Waals surface area (Å²) in [7, 11) is 0. The van der Waals surface area contributed by atoms with Crippen molar-refractivity contribution in [2.45, 2.75) is 31.8 Å². The van der Waals surface area contributed by atoms with Crippen LogP contribution in [0.3, 0.4) is 0 Å². The van der Waals surface area contributed by atoms with E-state index in [0.29, 0.717) is 35.4 Å². The highest BCUT2D eigenvalue weighted by molar-refractivity contribution is 6.31. The number of carbonyl (C=O) groups is 1. The summed E-state index contributed by atoms with van der Waals surface area (Å²) >= 11 is 12.4. The smallest absolute Gasteiger partial charge is 0.407 e. The molecular formula is C21H20Cl2N4O2. The fraction of sp³-hybridized carbons (Fsp3) is 0.286. The number of hydrogen-bond acceptors (Lipinski definition) is 3. The van der Waals surface area contributed by atoms with Crippen LogP contribution in [0.15, 0.2) is 48.5 Å². The van der Waals surface area contributed by atoms with Crippen LogP contribution in [0.4, 0.5) is 4.79 Å². The molecule has 2 aromatic carbocycles. The zero-order valence-corrected chi connectivity index (χ0v) is 17.3. The van der Waals surface area contributed by atoms with Gasteiger partial charge < -0.3 is 9.67 Å². The monoisotopic (exact) mass is 430 g/mol. The molecule has 29 heavy (non-hydrogen) atoms. The molecule has 1 aliphatic rings. The summed E-state index contributed by atoms with van der Waals surface area (Å²) in [4.78, 5) is 13.4. The van der Waals surface area contributed by atoms with Crippen molar-refractivity contribution in [1.29, 1.82) is 0 Å². The molecule has 1 amide bonds. The Morgan fingerprint density at radius 2 is 1.86 bits per heavy atom. The molecule has 4 rings (SSSR count). The van der Waals surface area contributed by atoms with Gasteiger partial charge in [-0.1, -0.05) is 53.5 Å². The third-order valence-corrected chi connectivity index (χ3v) is 6.00. The first-order chi connectivity index (χ1) is 13.9. The van der Waals surface area contributed by atoms with Gasteiger partial charge in [0.2, 0.25) is 0 Å². The average molecular weight is 431 g/mol. The van der Waals surface area contributed by atoms with Crippen LogP contribution >= 0.6 is 23.2 Å². The third-order valence-electron chi connectivity index (χ3n) is 5.41. The van der Waals surface area contributed by atoms with Crippen LogP contribution in [0.2, 0.25) is 10.0 Å². The number of nitrogens with zero attached hydrogens (tertiary/aromatic N) is 4. The molecular weight excluding hydrogens is 411 g/mol. The second-order valence-corrected chi connectivity index (χ2v) is 8.07.